The van der Waals surface area contributed by atoms with E-state index in [0.717, 1.165) is 23.3 Å². The molecule has 0 radical (unpaired) electrons. The summed E-state index contributed by atoms with van der Waals surface area (Å²) >= 11 is 0. The molecule has 0 aliphatic carbocycles. The molecule has 0 saturated carbocycles. The Kier molecular flexibility index (Phi) is 6.05. The van der Waals surface area contributed by atoms with E-state index in [1.807, 2.05) is 36.9 Å². The lowest BCUT2D eigenvalue weighted by Gasteiger charge is -2.37. The molecule has 29 heavy (non-hydrogen) atoms. The molecule has 1 atom stereocenters. The van der Waals surface area contributed by atoms with Gasteiger partial charge in [0, 0.05) is 31.9 Å². The Hall–Kier alpha value is -2.70. The average molecular weight is 406 g/mol. The van der Waals surface area contributed by atoms with Crippen molar-refractivity contribution in [3.8, 4) is 5.75 Å². The first kappa shape index (κ1) is 21.0. The highest BCUT2D eigenvalue weighted by Gasteiger charge is 2.31. The molecule has 1 aliphatic heterocycles. The molecule has 0 spiro atoms. The number of piperazine rings is 1. The Balaban J connectivity index is 1.59. The summed E-state index contributed by atoms with van der Waals surface area (Å²) in [6.07, 6.45) is -4.99. The van der Waals surface area contributed by atoms with Crippen LogP contribution in [0.3, 0.4) is 0 Å². The van der Waals surface area contributed by atoms with Crippen LogP contribution in [-0.2, 0) is 11.0 Å². The summed E-state index contributed by atoms with van der Waals surface area (Å²) in [5.74, 6) is 0.563. The second-order valence-corrected chi connectivity index (χ2v) is 7.39. The number of ether oxygens (including phenoxy) is 1. The van der Waals surface area contributed by atoms with Crippen molar-refractivity contribution in [1.29, 1.82) is 0 Å². The molecule has 2 aromatic carbocycles. The smallest absolute Gasteiger partial charge is 0.416 e. The van der Waals surface area contributed by atoms with Crippen LogP contribution in [0.25, 0.3) is 0 Å². The van der Waals surface area contributed by atoms with Crippen molar-refractivity contribution in [2.24, 2.45) is 0 Å². The molecule has 3 rings (SSSR count). The maximum Gasteiger partial charge on any atom is 0.416 e. The Bertz CT molecular complexity index is 875. The molecule has 1 fully saturated rings. The van der Waals surface area contributed by atoms with Crippen molar-refractivity contribution in [2.75, 3.05) is 31.1 Å². The van der Waals surface area contributed by atoms with Gasteiger partial charge in [0.15, 0.2) is 6.10 Å². The van der Waals surface area contributed by atoms with E-state index in [-0.39, 0.29) is 5.91 Å². The summed E-state index contributed by atoms with van der Waals surface area (Å²) in [5.41, 5.74) is 1.95. The molecule has 4 nitrogen and oxygen atoms in total. The van der Waals surface area contributed by atoms with Gasteiger partial charge < -0.3 is 14.5 Å². The number of rotatable bonds is 4. The third kappa shape index (κ3) is 5.02. The summed E-state index contributed by atoms with van der Waals surface area (Å²) in [6.45, 7) is 7.49. The second-order valence-electron chi connectivity index (χ2n) is 7.39. The lowest BCUT2D eigenvalue weighted by atomic mass is 10.1. The zero-order valence-electron chi connectivity index (χ0n) is 16.8. The fourth-order valence-corrected chi connectivity index (χ4v) is 3.49. The summed E-state index contributed by atoms with van der Waals surface area (Å²) in [4.78, 5) is 16.3. The van der Waals surface area contributed by atoms with Crippen molar-refractivity contribution < 1.29 is 22.7 Å². The Morgan fingerprint density at radius 3 is 2.34 bits per heavy atom. The summed E-state index contributed by atoms with van der Waals surface area (Å²) in [5, 5.41) is 0. The van der Waals surface area contributed by atoms with Crippen LogP contribution in [0.1, 0.15) is 23.6 Å². The van der Waals surface area contributed by atoms with Gasteiger partial charge in [-0.3, -0.25) is 4.79 Å². The van der Waals surface area contributed by atoms with Gasteiger partial charge in [-0.1, -0.05) is 23.8 Å². The van der Waals surface area contributed by atoms with Crippen LogP contribution in [0.2, 0.25) is 0 Å². The minimum absolute atomic E-state index is 0.117. The van der Waals surface area contributed by atoms with Crippen LogP contribution in [0.5, 0.6) is 5.75 Å². The predicted octanol–water partition coefficient (Wildman–Crippen LogP) is 4.44. The summed E-state index contributed by atoms with van der Waals surface area (Å²) in [6, 6.07) is 11.1. The minimum atomic E-state index is -4.37. The number of carbonyl (C=O) groups excluding carboxylic acids is 1. The van der Waals surface area contributed by atoms with E-state index in [9.17, 15) is 18.0 Å². The van der Waals surface area contributed by atoms with Crippen molar-refractivity contribution in [2.45, 2.75) is 33.1 Å². The highest BCUT2D eigenvalue weighted by Crippen LogP contribution is 2.32. The molecule has 1 saturated heterocycles. The number of amides is 1. The van der Waals surface area contributed by atoms with Gasteiger partial charge in [-0.25, -0.2) is 0 Å². The predicted molar refractivity (Wildman–Crippen MR) is 106 cm³/mol. The number of halogens is 3. The third-order valence-electron chi connectivity index (χ3n) is 5.11. The minimum Gasteiger partial charge on any atom is -0.481 e. The second kappa shape index (κ2) is 8.35. The molecule has 1 heterocycles. The Labute approximate surface area is 168 Å². The van der Waals surface area contributed by atoms with Crippen LogP contribution < -0.4 is 9.64 Å². The van der Waals surface area contributed by atoms with E-state index in [4.69, 9.17) is 4.74 Å². The van der Waals surface area contributed by atoms with Gasteiger partial charge in [-0.15, -0.1) is 0 Å². The molecule has 0 unspecified atom stereocenters. The van der Waals surface area contributed by atoms with Gasteiger partial charge in [0.2, 0.25) is 0 Å². The maximum atomic E-state index is 12.9. The van der Waals surface area contributed by atoms with Crippen molar-refractivity contribution >= 4 is 11.6 Å². The number of anilines is 1. The summed E-state index contributed by atoms with van der Waals surface area (Å²) < 4.78 is 44.7. The van der Waals surface area contributed by atoms with E-state index in [0.29, 0.717) is 37.6 Å². The van der Waals surface area contributed by atoms with Crippen LogP contribution in [-0.4, -0.2) is 43.1 Å². The largest absolute Gasteiger partial charge is 0.481 e. The van der Waals surface area contributed by atoms with Crippen molar-refractivity contribution in [3.63, 3.8) is 0 Å². The molecule has 156 valence electrons. The number of benzene rings is 2. The van der Waals surface area contributed by atoms with Gasteiger partial charge in [-0.05, 0) is 50.6 Å². The van der Waals surface area contributed by atoms with E-state index in [1.54, 1.807) is 17.9 Å². The highest BCUT2D eigenvalue weighted by atomic mass is 19.4. The number of alkyl halides is 3. The van der Waals surface area contributed by atoms with Crippen molar-refractivity contribution in [1.82, 2.24) is 4.90 Å². The zero-order chi connectivity index (χ0) is 21.2. The Morgan fingerprint density at radius 1 is 1.03 bits per heavy atom. The Morgan fingerprint density at radius 2 is 1.72 bits per heavy atom. The number of hydrogen-bond acceptors (Lipinski definition) is 3. The highest BCUT2D eigenvalue weighted by molar-refractivity contribution is 5.81. The first-order chi connectivity index (χ1) is 13.6. The van der Waals surface area contributed by atoms with Crippen LogP contribution >= 0.6 is 0 Å². The monoisotopic (exact) mass is 406 g/mol. The number of hydrogen-bond donors (Lipinski definition) is 0. The topological polar surface area (TPSA) is 32.8 Å². The van der Waals surface area contributed by atoms with Gasteiger partial charge in [0.05, 0.1) is 5.56 Å². The molecule has 2 aromatic rings. The fourth-order valence-electron chi connectivity index (χ4n) is 3.49. The number of nitrogens with zero attached hydrogens (tertiary/aromatic N) is 2. The van der Waals surface area contributed by atoms with Gasteiger partial charge in [0.1, 0.15) is 5.75 Å². The van der Waals surface area contributed by atoms with E-state index in [1.165, 1.54) is 6.07 Å². The number of aryl methyl sites for hydroxylation is 2. The van der Waals surface area contributed by atoms with E-state index < -0.39 is 17.8 Å². The SMILES string of the molecule is Cc1ccc(O[C@H](C)C(=O)N2CCN(c3cccc(C(F)(F)F)c3)CC2)c(C)c1. The van der Waals surface area contributed by atoms with Gasteiger partial charge in [0.25, 0.3) is 5.91 Å². The zero-order valence-corrected chi connectivity index (χ0v) is 16.8. The van der Waals surface area contributed by atoms with E-state index in [2.05, 4.69) is 0 Å². The van der Waals surface area contributed by atoms with E-state index >= 15 is 0 Å². The first-order valence-electron chi connectivity index (χ1n) is 9.60. The van der Waals surface area contributed by atoms with Gasteiger partial charge >= 0.3 is 6.18 Å². The quantitative estimate of drug-likeness (QED) is 0.753. The molecular weight excluding hydrogens is 381 g/mol. The first-order valence-corrected chi connectivity index (χ1v) is 9.60. The van der Waals surface area contributed by atoms with Crippen LogP contribution in [0.15, 0.2) is 42.5 Å². The lowest BCUT2D eigenvalue weighted by Crippen LogP contribution is -2.52. The molecule has 1 amide bonds. The molecule has 0 N–H and O–H groups in total. The van der Waals surface area contributed by atoms with Crippen LogP contribution in [0, 0.1) is 13.8 Å². The normalized spacial score (nSPS) is 15.9. The average Bonchev–Trinajstić information content (AvgIpc) is 2.69. The molecular formula is C22H25F3N2O2. The number of carbonyl (C=O) groups is 1. The molecule has 7 heteroatoms. The maximum absolute atomic E-state index is 12.9. The van der Waals surface area contributed by atoms with Crippen molar-refractivity contribution in [3.05, 3.63) is 59.2 Å². The van der Waals surface area contributed by atoms with Crippen LogP contribution in [0.4, 0.5) is 18.9 Å². The van der Waals surface area contributed by atoms with Gasteiger partial charge in [-0.2, -0.15) is 13.2 Å². The fraction of sp³-hybridized carbons (Fsp3) is 0.409. The summed E-state index contributed by atoms with van der Waals surface area (Å²) in [7, 11) is 0. The third-order valence-corrected chi connectivity index (χ3v) is 5.11. The lowest BCUT2D eigenvalue weighted by molar-refractivity contribution is -0.138. The molecule has 1 aliphatic rings. The standard InChI is InChI=1S/C22H25F3N2O2/c1-15-7-8-20(16(2)13-15)29-17(3)21(28)27-11-9-26(10-12-27)19-6-4-5-18(14-19)22(23,24)25/h4-8,13-14,17H,9-12H2,1-3H3/t17-/m1/s1. The molecule has 0 bridgehead atoms. The molecule has 0 aromatic heterocycles.